The van der Waals surface area contributed by atoms with Crippen molar-refractivity contribution in [3.63, 3.8) is 0 Å². The highest BCUT2D eigenvalue weighted by Crippen LogP contribution is 2.30. The Morgan fingerprint density at radius 3 is 2.33 bits per heavy atom. The number of amides is 1. The number of aromatic nitrogens is 2. The highest BCUT2D eigenvalue weighted by molar-refractivity contribution is 7.91. The number of rotatable bonds is 8. The molecule has 4 rings (SSSR count). The molecule has 1 aromatic heterocycles. The summed E-state index contributed by atoms with van der Waals surface area (Å²) in [6.07, 6.45) is 0.0392. The minimum atomic E-state index is -3.84. The van der Waals surface area contributed by atoms with Gasteiger partial charge in [0.25, 0.3) is 5.91 Å². The summed E-state index contributed by atoms with van der Waals surface area (Å²) in [6, 6.07) is 16.6. The van der Waals surface area contributed by atoms with Gasteiger partial charge in [0.05, 0.1) is 10.9 Å². The molecule has 1 fully saturated rings. The van der Waals surface area contributed by atoms with Crippen molar-refractivity contribution in [3.05, 3.63) is 65.9 Å². The Balaban J connectivity index is 1.40. The minimum Gasteiger partial charge on any atom is -0.508 e. The fraction of sp³-hybridized carbons (Fsp3) is 0.414. The minimum absolute atomic E-state index is 0.0392. The molecule has 0 spiro atoms. The number of hydrogen-bond acceptors (Lipinski definition) is 9. The molecule has 214 valence electrons. The molecule has 1 aliphatic heterocycles. The first-order chi connectivity index (χ1) is 18.8. The van der Waals surface area contributed by atoms with Gasteiger partial charge in [-0.2, -0.15) is 0 Å². The fourth-order valence-electron chi connectivity index (χ4n) is 4.28. The van der Waals surface area contributed by atoms with Crippen molar-refractivity contribution in [2.75, 3.05) is 31.1 Å². The highest BCUT2D eigenvalue weighted by Gasteiger charge is 2.31. The lowest BCUT2D eigenvalue weighted by Gasteiger charge is -2.35. The predicted octanol–water partition coefficient (Wildman–Crippen LogP) is 3.82. The van der Waals surface area contributed by atoms with Crippen LogP contribution >= 0.6 is 0 Å². The molecular formula is C29H37N5O5S. The lowest BCUT2D eigenvalue weighted by Crippen LogP contribution is -2.46. The summed E-state index contributed by atoms with van der Waals surface area (Å²) in [6.45, 7) is 12.3. The fourth-order valence-corrected chi connectivity index (χ4v) is 4.93. The summed E-state index contributed by atoms with van der Waals surface area (Å²) in [5, 5.41) is 18.1. The van der Waals surface area contributed by atoms with Crippen LogP contribution in [0.1, 0.15) is 50.7 Å². The molecule has 40 heavy (non-hydrogen) atoms. The summed E-state index contributed by atoms with van der Waals surface area (Å²) in [7, 11) is -3.84. The van der Waals surface area contributed by atoms with Crippen LogP contribution in [0, 0.1) is 0 Å². The van der Waals surface area contributed by atoms with Crippen molar-refractivity contribution in [3.8, 4) is 22.6 Å². The van der Waals surface area contributed by atoms with Gasteiger partial charge in [0.15, 0.2) is 11.5 Å². The van der Waals surface area contributed by atoms with Crippen molar-refractivity contribution in [1.29, 1.82) is 0 Å². The first-order valence-corrected chi connectivity index (χ1v) is 14.8. The average Bonchev–Trinajstić information content (AvgIpc) is 2.88. The van der Waals surface area contributed by atoms with Crippen LogP contribution in [-0.2, 0) is 16.6 Å². The molecule has 0 unspecified atom stereocenters. The molecule has 0 bridgehead atoms. The van der Waals surface area contributed by atoms with E-state index in [2.05, 4.69) is 36.9 Å². The van der Waals surface area contributed by atoms with Crippen LogP contribution in [0.25, 0.3) is 11.1 Å². The Kier molecular flexibility index (Phi) is 8.65. The Hall–Kier alpha value is -3.70. The SMILES string of the molecule is CC(C)Oc1cc(CN2CCN(c3ccc(C(=O)NS(=O)(=O)C(C)(C)C)nn3)CC2)cc(-c2cccc(O)c2)c1. The van der Waals surface area contributed by atoms with Crippen molar-refractivity contribution in [1.82, 2.24) is 19.8 Å². The molecule has 10 nitrogen and oxygen atoms in total. The van der Waals surface area contributed by atoms with Crippen LogP contribution in [0.5, 0.6) is 11.5 Å². The molecule has 2 N–H and O–H groups in total. The summed E-state index contributed by atoms with van der Waals surface area (Å²) in [4.78, 5) is 16.8. The zero-order chi connectivity index (χ0) is 29.1. The van der Waals surface area contributed by atoms with E-state index in [-0.39, 0.29) is 17.5 Å². The highest BCUT2D eigenvalue weighted by atomic mass is 32.2. The van der Waals surface area contributed by atoms with Crippen LogP contribution in [0.15, 0.2) is 54.6 Å². The van der Waals surface area contributed by atoms with E-state index in [0.29, 0.717) is 5.82 Å². The van der Waals surface area contributed by atoms with Gasteiger partial charge in [0, 0.05) is 32.7 Å². The third-order valence-electron chi connectivity index (χ3n) is 6.54. The number of carbonyl (C=O) groups is 1. The third-order valence-corrected chi connectivity index (χ3v) is 8.60. The zero-order valence-electron chi connectivity index (χ0n) is 23.6. The summed E-state index contributed by atoms with van der Waals surface area (Å²) in [5.74, 6) is 0.845. The Bertz CT molecular complexity index is 1440. The number of aromatic hydroxyl groups is 1. The van der Waals surface area contributed by atoms with Gasteiger partial charge in [-0.1, -0.05) is 12.1 Å². The largest absolute Gasteiger partial charge is 0.508 e. The first-order valence-electron chi connectivity index (χ1n) is 13.3. The number of anilines is 1. The molecule has 3 aromatic rings. The summed E-state index contributed by atoms with van der Waals surface area (Å²) < 4.78 is 31.5. The number of sulfonamides is 1. The van der Waals surface area contributed by atoms with Gasteiger partial charge in [0.1, 0.15) is 11.5 Å². The number of piperazine rings is 1. The number of nitrogens with one attached hydrogen (secondary N) is 1. The van der Waals surface area contributed by atoms with Gasteiger partial charge in [-0.25, -0.2) is 13.1 Å². The second-order valence-electron chi connectivity index (χ2n) is 11.2. The maximum absolute atomic E-state index is 12.4. The first kappa shape index (κ1) is 29.3. The van der Waals surface area contributed by atoms with Crippen LogP contribution in [0.2, 0.25) is 0 Å². The van der Waals surface area contributed by atoms with E-state index in [1.54, 1.807) is 18.2 Å². The van der Waals surface area contributed by atoms with Crippen LogP contribution in [0.4, 0.5) is 5.82 Å². The van der Waals surface area contributed by atoms with Gasteiger partial charge < -0.3 is 14.7 Å². The second kappa shape index (κ2) is 11.8. The molecule has 0 saturated carbocycles. The van der Waals surface area contributed by atoms with Crippen LogP contribution in [-0.4, -0.2) is 71.6 Å². The number of carbonyl (C=O) groups excluding carboxylic acids is 1. The van der Waals surface area contributed by atoms with E-state index in [9.17, 15) is 18.3 Å². The standard InChI is InChI=1S/C29H37N5O5S/c1-20(2)39-25-16-21(15-23(18-25)22-7-6-8-24(35)17-22)19-33-11-13-34(14-12-33)27-10-9-26(30-31-27)28(36)32-40(37,38)29(3,4)5/h6-10,15-18,20,35H,11-14,19H2,1-5H3,(H,32,36). The van der Waals surface area contributed by atoms with Gasteiger partial charge in [-0.05, 0) is 93.8 Å². The van der Waals surface area contributed by atoms with Crippen molar-refractivity contribution in [2.24, 2.45) is 0 Å². The molecule has 0 aliphatic carbocycles. The number of phenols is 1. The number of benzene rings is 2. The Morgan fingerprint density at radius 1 is 1.00 bits per heavy atom. The van der Waals surface area contributed by atoms with E-state index in [1.807, 2.05) is 32.0 Å². The topological polar surface area (TPSA) is 125 Å². The lowest BCUT2D eigenvalue weighted by atomic mass is 10.0. The van der Waals surface area contributed by atoms with Gasteiger partial charge in [-0.3, -0.25) is 9.69 Å². The predicted molar refractivity (Wildman–Crippen MR) is 155 cm³/mol. The van der Waals surface area contributed by atoms with Crippen molar-refractivity contribution >= 4 is 21.7 Å². The third kappa shape index (κ3) is 7.28. The van der Waals surface area contributed by atoms with E-state index >= 15 is 0 Å². The number of ether oxygens (including phenoxy) is 1. The van der Waals surface area contributed by atoms with Gasteiger partial charge >= 0.3 is 0 Å². The number of phenolic OH excluding ortho intramolecular Hbond substituents is 1. The van der Waals surface area contributed by atoms with Crippen LogP contribution in [0.3, 0.4) is 0 Å². The molecule has 2 heterocycles. The molecule has 11 heteroatoms. The Morgan fingerprint density at radius 2 is 1.73 bits per heavy atom. The average molecular weight is 568 g/mol. The maximum atomic E-state index is 12.4. The van der Waals surface area contributed by atoms with E-state index in [0.717, 1.165) is 55.2 Å². The zero-order valence-corrected chi connectivity index (χ0v) is 24.4. The molecule has 2 aromatic carbocycles. The summed E-state index contributed by atoms with van der Waals surface area (Å²) >= 11 is 0. The normalized spacial score (nSPS) is 14.8. The molecule has 1 saturated heterocycles. The van der Waals surface area contributed by atoms with E-state index < -0.39 is 20.7 Å². The molecule has 0 radical (unpaired) electrons. The molecule has 1 amide bonds. The van der Waals surface area contributed by atoms with E-state index in [4.69, 9.17) is 4.74 Å². The van der Waals surface area contributed by atoms with E-state index in [1.165, 1.54) is 26.8 Å². The van der Waals surface area contributed by atoms with Crippen molar-refractivity contribution in [2.45, 2.75) is 52.0 Å². The van der Waals surface area contributed by atoms with Crippen molar-refractivity contribution < 1.29 is 23.1 Å². The van der Waals surface area contributed by atoms with Crippen LogP contribution < -0.4 is 14.4 Å². The summed E-state index contributed by atoms with van der Waals surface area (Å²) in [5.41, 5.74) is 2.97. The molecular weight excluding hydrogens is 530 g/mol. The van der Waals surface area contributed by atoms with Gasteiger partial charge in [-0.15, -0.1) is 10.2 Å². The smallest absolute Gasteiger partial charge is 0.285 e. The monoisotopic (exact) mass is 567 g/mol. The number of nitrogens with zero attached hydrogens (tertiary/aromatic N) is 4. The quantitative estimate of drug-likeness (QED) is 0.418. The Labute approximate surface area is 236 Å². The number of hydrogen-bond donors (Lipinski definition) is 2. The molecule has 0 atom stereocenters. The lowest BCUT2D eigenvalue weighted by molar-refractivity contribution is 0.0974. The maximum Gasteiger partial charge on any atom is 0.285 e. The molecule has 1 aliphatic rings. The van der Waals surface area contributed by atoms with Gasteiger partial charge in [0.2, 0.25) is 10.0 Å². The second-order valence-corrected chi connectivity index (χ2v) is 13.6.